The summed E-state index contributed by atoms with van der Waals surface area (Å²) in [6.07, 6.45) is -0.159. The Morgan fingerprint density at radius 3 is 2.00 bits per heavy atom. The Morgan fingerprint density at radius 2 is 1.61 bits per heavy atom. The number of rotatable bonds is 6. The molecule has 1 fully saturated rings. The highest BCUT2D eigenvalue weighted by Crippen LogP contribution is 2.37. The first-order valence-electron chi connectivity index (χ1n) is 9.51. The second-order valence-corrected chi connectivity index (χ2v) is 12.6. The first-order chi connectivity index (χ1) is 13.3. The Kier molecular flexibility index (Phi) is 5.72. The van der Waals surface area contributed by atoms with Crippen molar-refractivity contribution in [3.8, 4) is 0 Å². The Balaban J connectivity index is 2.04. The van der Waals surface area contributed by atoms with Crippen LogP contribution in [-0.2, 0) is 9.22 Å². The quantitative estimate of drug-likeness (QED) is 0.601. The molecule has 0 bridgehead atoms. The maximum Gasteiger partial charge on any atom is 0.407 e. The average Bonchev–Trinajstić information content (AvgIpc) is 2.65. The third-order valence-corrected chi connectivity index (χ3v) is 10.6. The largest absolute Gasteiger partial charge is 0.465 e. The summed E-state index contributed by atoms with van der Waals surface area (Å²) < 4.78 is 6.76. The molecule has 148 valence electrons. The lowest BCUT2D eigenvalue weighted by atomic mass is 9.91. The van der Waals surface area contributed by atoms with E-state index in [1.165, 1.54) is 4.90 Å². The third-order valence-electron chi connectivity index (χ3n) is 5.61. The van der Waals surface area contributed by atoms with E-state index in [9.17, 15) is 14.7 Å². The van der Waals surface area contributed by atoms with Crippen molar-refractivity contribution in [1.29, 1.82) is 0 Å². The fourth-order valence-corrected chi connectivity index (χ4v) is 8.69. The van der Waals surface area contributed by atoms with Gasteiger partial charge in [-0.3, -0.25) is 0 Å². The van der Waals surface area contributed by atoms with E-state index < -0.39 is 20.5 Å². The molecule has 1 aliphatic rings. The lowest BCUT2D eigenvalue weighted by Crippen LogP contribution is -2.69. The fourth-order valence-electron chi connectivity index (χ4n) is 4.12. The maximum absolute atomic E-state index is 11.5. The summed E-state index contributed by atoms with van der Waals surface area (Å²) in [6, 6.07) is 20.0. The third kappa shape index (κ3) is 3.50. The van der Waals surface area contributed by atoms with Gasteiger partial charge >= 0.3 is 6.09 Å². The topological polar surface area (TPSA) is 66.8 Å². The van der Waals surface area contributed by atoms with Crippen molar-refractivity contribution in [1.82, 2.24) is 4.90 Å². The van der Waals surface area contributed by atoms with Gasteiger partial charge in [-0.15, -0.1) is 0 Å². The van der Waals surface area contributed by atoms with Gasteiger partial charge in [-0.1, -0.05) is 81.4 Å². The zero-order valence-electron chi connectivity index (χ0n) is 16.5. The monoisotopic (exact) mass is 397 g/mol. The molecule has 1 amide bonds. The van der Waals surface area contributed by atoms with Gasteiger partial charge in [0.15, 0.2) is 0 Å². The fraction of sp³-hybridized carbons (Fsp3) is 0.364. The van der Waals surface area contributed by atoms with Gasteiger partial charge in [0.05, 0.1) is 18.6 Å². The highest BCUT2D eigenvalue weighted by molar-refractivity contribution is 6.99. The zero-order valence-corrected chi connectivity index (χ0v) is 17.5. The minimum absolute atomic E-state index is 0.190. The molecule has 0 spiro atoms. The van der Waals surface area contributed by atoms with E-state index in [2.05, 4.69) is 45.0 Å². The van der Waals surface area contributed by atoms with Crippen molar-refractivity contribution in [3.05, 3.63) is 60.7 Å². The van der Waals surface area contributed by atoms with Crippen LogP contribution < -0.4 is 10.4 Å². The van der Waals surface area contributed by atoms with E-state index in [4.69, 9.17) is 4.43 Å². The molecule has 1 aliphatic heterocycles. The lowest BCUT2D eigenvalue weighted by molar-refractivity contribution is -0.119. The number of likely N-dealkylation sites (tertiary alicyclic amines) is 1. The molecular formula is C22H27NO4Si. The van der Waals surface area contributed by atoms with Gasteiger partial charge in [0.25, 0.3) is 8.32 Å². The van der Waals surface area contributed by atoms with Crippen molar-refractivity contribution in [2.24, 2.45) is 5.92 Å². The van der Waals surface area contributed by atoms with Gasteiger partial charge in [0.1, 0.15) is 6.29 Å². The molecule has 1 N–H and O–H groups in total. The highest BCUT2D eigenvalue weighted by atomic mass is 28.4. The van der Waals surface area contributed by atoms with Crippen LogP contribution >= 0.6 is 0 Å². The zero-order chi connectivity index (χ0) is 20.4. The predicted molar refractivity (Wildman–Crippen MR) is 112 cm³/mol. The van der Waals surface area contributed by atoms with Crippen LogP contribution in [-0.4, -0.2) is 49.9 Å². The Bertz CT molecular complexity index is 780. The van der Waals surface area contributed by atoms with Crippen LogP contribution in [0.5, 0.6) is 0 Å². The van der Waals surface area contributed by atoms with E-state index in [1.54, 1.807) is 0 Å². The highest BCUT2D eigenvalue weighted by Gasteiger charge is 2.52. The second kappa shape index (κ2) is 7.89. The van der Waals surface area contributed by atoms with Crippen LogP contribution in [0.2, 0.25) is 5.04 Å². The van der Waals surface area contributed by atoms with Crippen LogP contribution in [0.1, 0.15) is 20.8 Å². The predicted octanol–water partition coefficient (Wildman–Crippen LogP) is 2.74. The van der Waals surface area contributed by atoms with E-state index >= 15 is 0 Å². The van der Waals surface area contributed by atoms with Gasteiger partial charge in [0, 0.05) is 6.54 Å². The number of benzene rings is 2. The summed E-state index contributed by atoms with van der Waals surface area (Å²) in [7, 11) is -2.74. The number of carboxylic acid groups (broad SMARTS) is 1. The van der Waals surface area contributed by atoms with Crippen LogP contribution in [0.3, 0.4) is 0 Å². The molecule has 1 heterocycles. The van der Waals surface area contributed by atoms with Crippen LogP contribution in [0.25, 0.3) is 0 Å². The Hall–Kier alpha value is -2.44. The molecule has 5 nitrogen and oxygen atoms in total. The van der Waals surface area contributed by atoms with Crippen molar-refractivity contribution >= 4 is 31.1 Å². The Morgan fingerprint density at radius 1 is 1.11 bits per heavy atom. The lowest BCUT2D eigenvalue weighted by Gasteiger charge is -2.48. The average molecular weight is 398 g/mol. The van der Waals surface area contributed by atoms with E-state index in [0.717, 1.165) is 16.7 Å². The molecule has 28 heavy (non-hydrogen) atoms. The van der Waals surface area contributed by atoms with Gasteiger partial charge < -0.3 is 19.2 Å². The molecule has 0 aliphatic carbocycles. The molecule has 6 heteroatoms. The summed E-state index contributed by atoms with van der Waals surface area (Å²) >= 11 is 0. The number of hydrogen-bond acceptors (Lipinski definition) is 3. The van der Waals surface area contributed by atoms with Crippen LogP contribution in [0, 0.1) is 5.92 Å². The summed E-state index contributed by atoms with van der Waals surface area (Å²) in [6.45, 7) is 6.97. The summed E-state index contributed by atoms with van der Waals surface area (Å²) in [5.41, 5.74) is 0. The molecule has 2 atom stereocenters. The summed E-state index contributed by atoms with van der Waals surface area (Å²) in [5, 5.41) is 11.5. The molecule has 0 unspecified atom stereocenters. The molecule has 0 aromatic heterocycles. The molecule has 0 radical (unpaired) electrons. The second-order valence-electron chi connectivity index (χ2n) is 8.28. The first kappa shape index (κ1) is 20.3. The van der Waals surface area contributed by atoms with Gasteiger partial charge in [0.2, 0.25) is 0 Å². The minimum Gasteiger partial charge on any atom is -0.465 e. The Labute approximate surface area is 167 Å². The van der Waals surface area contributed by atoms with Gasteiger partial charge in [-0.25, -0.2) is 4.79 Å². The standard InChI is InChI=1S/C22H27NO4Si/c1-22(2,3)28(18-10-6-4-7-11-18,19-12-8-5-9-13-19)27-16-20-17(15-24)14-23(20)21(25)26/h4-13,15,17,20H,14,16H2,1-3H3,(H,25,26)/t17-,20-/m1/s1. The first-order valence-corrected chi connectivity index (χ1v) is 11.4. The number of carbonyl (C=O) groups is 2. The molecule has 2 aromatic rings. The summed E-state index contributed by atoms with van der Waals surface area (Å²) in [4.78, 5) is 24.1. The minimum atomic E-state index is -2.74. The van der Waals surface area contributed by atoms with E-state index in [1.807, 2.05) is 36.4 Å². The molecule has 2 aromatic carbocycles. The van der Waals surface area contributed by atoms with E-state index in [-0.39, 0.29) is 24.1 Å². The number of carbonyl (C=O) groups excluding carboxylic acids is 1. The molecular weight excluding hydrogens is 370 g/mol. The number of nitrogens with zero attached hydrogens (tertiary/aromatic N) is 1. The number of amides is 1. The SMILES string of the molecule is CC(C)(C)[Si](OC[C@@H]1[C@@H](C=O)CN1C(=O)O)(c1ccccc1)c1ccccc1. The van der Waals surface area contributed by atoms with Crippen molar-refractivity contribution in [3.63, 3.8) is 0 Å². The van der Waals surface area contributed by atoms with Gasteiger partial charge in [-0.2, -0.15) is 0 Å². The maximum atomic E-state index is 11.5. The normalized spacial score (nSPS) is 19.8. The van der Waals surface area contributed by atoms with Gasteiger partial charge in [-0.05, 0) is 15.4 Å². The smallest absolute Gasteiger partial charge is 0.407 e. The molecule has 0 saturated carbocycles. The number of hydrogen-bond donors (Lipinski definition) is 1. The van der Waals surface area contributed by atoms with Crippen molar-refractivity contribution in [2.45, 2.75) is 31.9 Å². The number of aldehydes is 1. The van der Waals surface area contributed by atoms with Crippen molar-refractivity contribution in [2.75, 3.05) is 13.2 Å². The van der Waals surface area contributed by atoms with Crippen molar-refractivity contribution < 1.29 is 19.1 Å². The van der Waals surface area contributed by atoms with E-state index in [0.29, 0.717) is 0 Å². The van der Waals surface area contributed by atoms with Crippen LogP contribution in [0.4, 0.5) is 4.79 Å². The van der Waals surface area contributed by atoms with Crippen LogP contribution in [0.15, 0.2) is 60.7 Å². The molecule has 1 saturated heterocycles. The summed E-state index contributed by atoms with van der Waals surface area (Å²) in [5.74, 6) is -0.311. The molecule has 3 rings (SSSR count).